The normalized spacial score (nSPS) is 27.2. The van der Waals surface area contributed by atoms with Gasteiger partial charge in [0.2, 0.25) is 0 Å². The number of hydrogen-bond acceptors (Lipinski definition) is 4. The van der Waals surface area contributed by atoms with Crippen LogP contribution in [0.5, 0.6) is 0 Å². The Morgan fingerprint density at radius 2 is 2.23 bits per heavy atom. The lowest BCUT2D eigenvalue weighted by Crippen LogP contribution is -2.32. The van der Waals surface area contributed by atoms with Gasteiger partial charge in [-0.25, -0.2) is 4.68 Å². The van der Waals surface area contributed by atoms with E-state index in [1.807, 2.05) is 10.9 Å². The van der Waals surface area contributed by atoms with Crippen molar-refractivity contribution in [3.05, 3.63) is 11.9 Å². The first-order valence-corrected chi connectivity index (χ1v) is 4.64. The third-order valence-electron chi connectivity index (χ3n) is 2.69. The van der Waals surface area contributed by atoms with Crippen LogP contribution in [0.1, 0.15) is 24.6 Å². The Kier molecular flexibility index (Phi) is 2.28. The number of aromatic nitrogens is 3. The fourth-order valence-electron chi connectivity index (χ4n) is 1.69. The Morgan fingerprint density at radius 1 is 1.46 bits per heavy atom. The van der Waals surface area contributed by atoms with Crippen LogP contribution < -0.4 is 11.5 Å². The minimum atomic E-state index is 0.465. The third kappa shape index (κ3) is 1.57. The van der Waals surface area contributed by atoms with E-state index in [1.165, 1.54) is 0 Å². The summed E-state index contributed by atoms with van der Waals surface area (Å²) in [6, 6.07) is 0.501. The zero-order valence-corrected chi connectivity index (χ0v) is 7.56. The van der Waals surface area contributed by atoms with E-state index in [0.29, 0.717) is 18.5 Å². The molecule has 5 nitrogen and oxygen atoms in total. The van der Waals surface area contributed by atoms with Gasteiger partial charge in [0.25, 0.3) is 0 Å². The fourth-order valence-corrected chi connectivity index (χ4v) is 1.69. The Morgan fingerprint density at radius 3 is 2.77 bits per heavy atom. The zero-order valence-electron chi connectivity index (χ0n) is 7.56. The molecule has 1 heterocycles. The lowest BCUT2D eigenvalue weighted by atomic mass is 9.80. The van der Waals surface area contributed by atoms with Gasteiger partial charge in [-0.1, -0.05) is 5.21 Å². The summed E-state index contributed by atoms with van der Waals surface area (Å²) in [6.45, 7) is 1.25. The highest BCUT2D eigenvalue weighted by Crippen LogP contribution is 2.36. The van der Waals surface area contributed by atoms with E-state index >= 15 is 0 Å². The average molecular weight is 181 g/mol. The maximum atomic E-state index is 5.54. The van der Waals surface area contributed by atoms with Crippen LogP contribution in [0.4, 0.5) is 0 Å². The maximum Gasteiger partial charge on any atom is 0.0962 e. The van der Waals surface area contributed by atoms with Gasteiger partial charge in [0.1, 0.15) is 0 Å². The van der Waals surface area contributed by atoms with E-state index in [4.69, 9.17) is 11.5 Å². The summed E-state index contributed by atoms with van der Waals surface area (Å²) in [5, 5.41) is 7.97. The molecule has 2 rings (SSSR count). The van der Waals surface area contributed by atoms with Crippen LogP contribution in [-0.4, -0.2) is 21.5 Å². The standard InChI is InChI=1S/C8H15N5/c9-3-6-1-8(2-6)13-5-7(4-10)11-12-13/h5-6,8H,1-4,9-10H2. The van der Waals surface area contributed by atoms with Crippen molar-refractivity contribution < 1.29 is 0 Å². The molecule has 0 unspecified atom stereocenters. The molecule has 0 atom stereocenters. The van der Waals surface area contributed by atoms with Gasteiger partial charge in [0.05, 0.1) is 17.9 Å². The number of hydrogen-bond donors (Lipinski definition) is 2. The van der Waals surface area contributed by atoms with E-state index in [2.05, 4.69) is 10.3 Å². The van der Waals surface area contributed by atoms with Crippen molar-refractivity contribution in [3.63, 3.8) is 0 Å². The van der Waals surface area contributed by atoms with Crippen LogP contribution in [0, 0.1) is 5.92 Å². The first kappa shape index (κ1) is 8.65. The molecule has 0 saturated heterocycles. The van der Waals surface area contributed by atoms with Crippen molar-refractivity contribution in [2.45, 2.75) is 25.4 Å². The van der Waals surface area contributed by atoms with Crippen LogP contribution in [0.3, 0.4) is 0 Å². The zero-order chi connectivity index (χ0) is 9.26. The van der Waals surface area contributed by atoms with Crippen LogP contribution in [0.2, 0.25) is 0 Å². The summed E-state index contributed by atoms with van der Waals surface area (Å²) in [4.78, 5) is 0. The van der Waals surface area contributed by atoms with E-state index in [0.717, 1.165) is 25.1 Å². The average Bonchev–Trinajstić information content (AvgIpc) is 2.51. The van der Waals surface area contributed by atoms with Gasteiger partial charge in [-0.3, -0.25) is 0 Å². The molecule has 0 aliphatic heterocycles. The highest BCUT2D eigenvalue weighted by molar-refractivity contribution is 4.94. The van der Waals surface area contributed by atoms with E-state index in [-0.39, 0.29) is 0 Å². The van der Waals surface area contributed by atoms with Crippen molar-refractivity contribution in [2.75, 3.05) is 6.54 Å². The molecule has 1 aromatic heterocycles. The molecule has 0 radical (unpaired) electrons. The molecule has 13 heavy (non-hydrogen) atoms. The molecule has 72 valence electrons. The number of rotatable bonds is 3. The summed E-state index contributed by atoms with van der Waals surface area (Å²) in [6.07, 6.45) is 4.19. The highest BCUT2D eigenvalue weighted by atomic mass is 15.4. The minimum absolute atomic E-state index is 0.465. The molecule has 0 bridgehead atoms. The molecule has 1 saturated carbocycles. The lowest BCUT2D eigenvalue weighted by molar-refractivity contribution is 0.187. The molecule has 0 amide bonds. The third-order valence-corrected chi connectivity index (χ3v) is 2.69. The Labute approximate surface area is 77.1 Å². The largest absolute Gasteiger partial charge is 0.330 e. The van der Waals surface area contributed by atoms with Gasteiger partial charge in [0.15, 0.2) is 0 Å². The van der Waals surface area contributed by atoms with Gasteiger partial charge in [-0.05, 0) is 25.3 Å². The second-order valence-corrected chi connectivity index (χ2v) is 3.62. The van der Waals surface area contributed by atoms with E-state index in [9.17, 15) is 0 Å². The van der Waals surface area contributed by atoms with Crippen molar-refractivity contribution in [3.8, 4) is 0 Å². The second kappa shape index (κ2) is 3.43. The molecule has 0 aromatic carbocycles. The molecule has 1 aliphatic carbocycles. The van der Waals surface area contributed by atoms with E-state index < -0.39 is 0 Å². The quantitative estimate of drug-likeness (QED) is 0.667. The molecule has 1 fully saturated rings. The topological polar surface area (TPSA) is 82.8 Å². The molecule has 1 aromatic rings. The Bertz CT molecular complexity index is 276. The monoisotopic (exact) mass is 181 g/mol. The summed E-state index contributed by atoms with van der Waals surface area (Å²) in [5.41, 5.74) is 11.8. The van der Waals surface area contributed by atoms with E-state index in [1.54, 1.807) is 0 Å². The first-order valence-electron chi connectivity index (χ1n) is 4.64. The van der Waals surface area contributed by atoms with Crippen LogP contribution in [0.15, 0.2) is 6.20 Å². The van der Waals surface area contributed by atoms with Crippen molar-refractivity contribution >= 4 is 0 Å². The van der Waals surface area contributed by atoms with Crippen LogP contribution in [0.25, 0.3) is 0 Å². The number of nitrogens with two attached hydrogens (primary N) is 2. The lowest BCUT2D eigenvalue weighted by Gasteiger charge is -2.33. The second-order valence-electron chi connectivity index (χ2n) is 3.62. The van der Waals surface area contributed by atoms with Gasteiger partial charge >= 0.3 is 0 Å². The Hall–Kier alpha value is -0.940. The smallest absolute Gasteiger partial charge is 0.0962 e. The highest BCUT2D eigenvalue weighted by Gasteiger charge is 2.29. The van der Waals surface area contributed by atoms with Crippen molar-refractivity contribution in [1.29, 1.82) is 0 Å². The van der Waals surface area contributed by atoms with Crippen LogP contribution >= 0.6 is 0 Å². The van der Waals surface area contributed by atoms with Crippen molar-refractivity contribution in [1.82, 2.24) is 15.0 Å². The summed E-state index contributed by atoms with van der Waals surface area (Å²) in [7, 11) is 0. The summed E-state index contributed by atoms with van der Waals surface area (Å²) in [5.74, 6) is 0.676. The SMILES string of the molecule is NCc1cn(C2CC(CN)C2)nn1. The summed E-state index contributed by atoms with van der Waals surface area (Å²) >= 11 is 0. The van der Waals surface area contributed by atoms with Crippen molar-refractivity contribution in [2.24, 2.45) is 17.4 Å². The molecular formula is C8H15N5. The Balaban J connectivity index is 1.95. The van der Waals surface area contributed by atoms with Gasteiger partial charge in [0, 0.05) is 6.54 Å². The molecule has 1 aliphatic rings. The predicted octanol–water partition coefficient (Wildman–Crippen LogP) is -0.353. The summed E-state index contributed by atoms with van der Waals surface area (Å²) < 4.78 is 1.91. The number of nitrogens with zero attached hydrogens (tertiary/aromatic N) is 3. The minimum Gasteiger partial charge on any atom is -0.330 e. The molecule has 5 heteroatoms. The molecule has 4 N–H and O–H groups in total. The van der Waals surface area contributed by atoms with Gasteiger partial charge in [-0.2, -0.15) is 0 Å². The van der Waals surface area contributed by atoms with Crippen LogP contribution in [-0.2, 0) is 6.54 Å². The van der Waals surface area contributed by atoms with Gasteiger partial charge in [-0.15, -0.1) is 5.10 Å². The molecule has 0 spiro atoms. The maximum absolute atomic E-state index is 5.54. The predicted molar refractivity (Wildman–Crippen MR) is 48.7 cm³/mol. The fraction of sp³-hybridized carbons (Fsp3) is 0.750. The molecular weight excluding hydrogens is 166 g/mol. The van der Waals surface area contributed by atoms with Gasteiger partial charge < -0.3 is 11.5 Å². The first-order chi connectivity index (χ1) is 6.33.